The van der Waals surface area contributed by atoms with Gasteiger partial charge in [0.25, 0.3) is 0 Å². The number of aliphatic carboxylic acids is 1. The van der Waals surface area contributed by atoms with E-state index in [-0.39, 0.29) is 25.9 Å². The number of aliphatic hydroxyl groups excluding tert-OH is 2. The highest BCUT2D eigenvalue weighted by Gasteiger charge is 2.50. The van der Waals surface area contributed by atoms with E-state index in [0.29, 0.717) is 25.7 Å². The van der Waals surface area contributed by atoms with Crippen LogP contribution in [0.2, 0.25) is 0 Å². The topological polar surface area (TPSA) is 175 Å². The van der Waals surface area contributed by atoms with Crippen LogP contribution < -0.4 is 0 Å². The first-order chi connectivity index (χ1) is 38.6. The quantitative estimate of drug-likeness (QED) is 0.0228. The van der Waals surface area contributed by atoms with Crippen molar-refractivity contribution in [3.63, 3.8) is 0 Å². The molecule has 0 aromatic carbocycles. The number of aliphatic hydroxyl groups is 2. The van der Waals surface area contributed by atoms with Gasteiger partial charge in [0.1, 0.15) is 18.8 Å². The van der Waals surface area contributed by atoms with Crippen LogP contribution in [0.15, 0.2) is 122 Å². The molecule has 1 heterocycles. The van der Waals surface area contributed by atoms with E-state index < -0.39 is 67.3 Å². The van der Waals surface area contributed by atoms with Crippen LogP contribution in [0, 0.1) is 0 Å². The third kappa shape index (κ3) is 43.6. The van der Waals surface area contributed by atoms with Gasteiger partial charge in [-0.15, -0.1) is 0 Å². The number of rotatable bonds is 50. The molecule has 12 nitrogen and oxygen atoms in total. The van der Waals surface area contributed by atoms with E-state index in [1.165, 1.54) is 57.8 Å². The summed E-state index contributed by atoms with van der Waals surface area (Å²) in [5.41, 5.74) is 0. The molecule has 0 saturated carbocycles. The van der Waals surface area contributed by atoms with E-state index in [1.807, 2.05) is 18.2 Å². The molecule has 12 heteroatoms. The van der Waals surface area contributed by atoms with Crippen LogP contribution >= 0.6 is 0 Å². The molecule has 0 amide bonds. The van der Waals surface area contributed by atoms with Gasteiger partial charge in [0, 0.05) is 19.3 Å². The molecule has 446 valence electrons. The number of hydrogen-bond donors (Lipinski definition) is 3. The first-order valence-electron chi connectivity index (χ1n) is 30.5. The molecule has 6 atom stereocenters. The molecule has 0 aliphatic carbocycles. The highest BCUT2D eigenvalue weighted by molar-refractivity contribution is 5.74. The maximum atomic E-state index is 13.1. The van der Waals surface area contributed by atoms with E-state index >= 15 is 0 Å². The number of carboxylic acid groups (broad SMARTS) is 1. The third-order valence-electron chi connectivity index (χ3n) is 13.0. The standard InChI is InChI=1S/C67H106O12/c1-4-7-10-13-16-19-22-25-27-29-30-32-34-37-40-43-46-49-52-55-61(70)78-65-63(72)62(71)64(66(73)74)79-67(65)76-57-58(77-60(69)54-51-48-45-42-39-35-24-21-18-15-12-9-6-3)56-75-59(68)53-50-47-44-41-38-36-33-31-28-26-23-20-17-14-11-8-5-2/h7,9-10,12,16,18-19,21,25-28,30,32,35,37,39-40,46,49,58,62-65,67,71-72H,4-6,8,11,13-15,17,20,22-24,29,31,33-34,36,38,41-45,47-48,50-57H2,1-3H3,(H,73,74)/b10-7-,12-9-,19-16-,21-18-,27-25-,28-26-,32-30-,39-35-,40-37-,49-46-. The number of allylic oxidation sites excluding steroid dienone is 20. The number of carbonyl (C=O) groups is 4. The molecule has 1 aliphatic rings. The molecule has 1 fully saturated rings. The van der Waals surface area contributed by atoms with Crippen molar-refractivity contribution in [3.8, 4) is 0 Å². The largest absolute Gasteiger partial charge is 0.479 e. The molecule has 1 rings (SSSR count). The number of unbranched alkanes of at least 4 members (excludes halogenated alkanes) is 16. The summed E-state index contributed by atoms with van der Waals surface area (Å²) in [6.07, 6.45) is 61.8. The van der Waals surface area contributed by atoms with Gasteiger partial charge in [-0.3, -0.25) is 14.4 Å². The molecule has 1 saturated heterocycles. The van der Waals surface area contributed by atoms with E-state index in [4.69, 9.17) is 23.7 Å². The van der Waals surface area contributed by atoms with Crippen molar-refractivity contribution in [2.24, 2.45) is 0 Å². The maximum Gasteiger partial charge on any atom is 0.335 e. The minimum Gasteiger partial charge on any atom is -0.479 e. The fourth-order valence-electron chi connectivity index (χ4n) is 8.40. The highest BCUT2D eigenvalue weighted by atomic mass is 16.7. The Hall–Kier alpha value is -4.88. The van der Waals surface area contributed by atoms with Crippen molar-refractivity contribution < 1.29 is 58.2 Å². The average Bonchev–Trinajstić information content (AvgIpc) is 3.46. The molecule has 0 aromatic heterocycles. The molecule has 3 N–H and O–H groups in total. The van der Waals surface area contributed by atoms with Crippen LogP contribution in [0.5, 0.6) is 0 Å². The van der Waals surface area contributed by atoms with Gasteiger partial charge in [-0.2, -0.15) is 0 Å². The predicted octanol–water partition coefficient (Wildman–Crippen LogP) is 16.0. The molecular weight excluding hydrogens is 997 g/mol. The van der Waals surface area contributed by atoms with Crippen LogP contribution in [-0.2, 0) is 42.9 Å². The molecule has 0 aromatic rings. The van der Waals surface area contributed by atoms with Crippen LogP contribution in [0.4, 0.5) is 0 Å². The van der Waals surface area contributed by atoms with Gasteiger partial charge in [-0.05, 0) is 116 Å². The van der Waals surface area contributed by atoms with Gasteiger partial charge >= 0.3 is 23.9 Å². The number of carboxylic acids is 1. The zero-order valence-corrected chi connectivity index (χ0v) is 49.1. The van der Waals surface area contributed by atoms with Crippen LogP contribution in [0.3, 0.4) is 0 Å². The van der Waals surface area contributed by atoms with Crippen molar-refractivity contribution in [1.82, 2.24) is 0 Å². The Morgan fingerprint density at radius 1 is 0.430 bits per heavy atom. The molecular formula is C67H106O12. The van der Waals surface area contributed by atoms with Crippen LogP contribution in [-0.4, -0.2) is 89.2 Å². The summed E-state index contributed by atoms with van der Waals surface area (Å²) in [4.78, 5) is 51.1. The summed E-state index contributed by atoms with van der Waals surface area (Å²) < 4.78 is 28.3. The van der Waals surface area contributed by atoms with E-state index in [1.54, 1.807) is 0 Å². The summed E-state index contributed by atoms with van der Waals surface area (Å²) in [5.74, 6) is -3.29. The first-order valence-corrected chi connectivity index (χ1v) is 30.5. The first kappa shape index (κ1) is 72.1. The van der Waals surface area contributed by atoms with Gasteiger partial charge < -0.3 is 39.0 Å². The lowest BCUT2D eigenvalue weighted by Crippen LogP contribution is -2.61. The molecule has 0 spiro atoms. The molecule has 79 heavy (non-hydrogen) atoms. The molecule has 0 bridgehead atoms. The van der Waals surface area contributed by atoms with Crippen molar-refractivity contribution in [2.45, 2.75) is 263 Å². The van der Waals surface area contributed by atoms with Gasteiger partial charge in [-0.25, -0.2) is 4.79 Å². The lowest BCUT2D eigenvalue weighted by molar-refractivity contribution is -0.301. The zero-order chi connectivity index (χ0) is 57.5. The third-order valence-corrected chi connectivity index (χ3v) is 13.0. The fraction of sp³-hybridized carbons (Fsp3) is 0.642. The Kier molecular flexibility index (Phi) is 49.1. The normalized spacial score (nSPS) is 18.7. The zero-order valence-electron chi connectivity index (χ0n) is 49.1. The van der Waals surface area contributed by atoms with E-state index in [9.17, 15) is 34.5 Å². The predicted molar refractivity (Wildman–Crippen MR) is 321 cm³/mol. The lowest BCUT2D eigenvalue weighted by atomic mass is 9.98. The Bertz CT molecular complexity index is 1840. The maximum absolute atomic E-state index is 13.1. The average molecular weight is 1100 g/mol. The van der Waals surface area contributed by atoms with Gasteiger partial charge in [-0.1, -0.05) is 213 Å². The minimum atomic E-state index is -1.94. The van der Waals surface area contributed by atoms with Crippen molar-refractivity contribution in [2.75, 3.05) is 13.2 Å². The summed E-state index contributed by atoms with van der Waals surface area (Å²) in [6.45, 7) is 5.70. The Morgan fingerprint density at radius 3 is 1.29 bits per heavy atom. The summed E-state index contributed by atoms with van der Waals surface area (Å²) in [5, 5.41) is 31.5. The Labute approximate surface area is 478 Å². The van der Waals surface area contributed by atoms with Crippen molar-refractivity contribution in [1.29, 1.82) is 0 Å². The molecule has 6 unspecified atom stereocenters. The van der Waals surface area contributed by atoms with E-state index in [2.05, 4.69) is 124 Å². The summed E-state index contributed by atoms with van der Waals surface area (Å²) in [7, 11) is 0. The van der Waals surface area contributed by atoms with Crippen LogP contribution in [0.1, 0.15) is 226 Å². The second-order valence-electron chi connectivity index (χ2n) is 20.2. The SMILES string of the molecule is CC/C=C\C/C=C\C/C=C\C/C=C\C/C=C\C/C=C\CCC(=O)OC1C(OCC(COC(=O)CCCCCCCCC/C=C\CCCCCCCC)OC(=O)CCCCC/C=C\C/C=C\C/C=C\CC)OC(C(=O)O)C(O)C1O. The second-order valence-corrected chi connectivity index (χ2v) is 20.2. The number of ether oxygens (including phenoxy) is 5. The van der Waals surface area contributed by atoms with E-state index in [0.717, 1.165) is 103 Å². The van der Waals surface area contributed by atoms with Crippen molar-refractivity contribution in [3.05, 3.63) is 122 Å². The van der Waals surface area contributed by atoms with Crippen LogP contribution in [0.25, 0.3) is 0 Å². The molecule has 0 radical (unpaired) electrons. The Morgan fingerprint density at radius 2 is 0.823 bits per heavy atom. The van der Waals surface area contributed by atoms with Gasteiger partial charge in [0.2, 0.25) is 0 Å². The number of hydrogen-bond acceptors (Lipinski definition) is 11. The number of esters is 3. The molecule has 1 aliphatic heterocycles. The van der Waals surface area contributed by atoms with Crippen molar-refractivity contribution >= 4 is 23.9 Å². The minimum absolute atomic E-state index is 0.0746. The monoisotopic (exact) mass is 1100 g/mol. The Balaban J connectivity index is 2.74. The fourth-order valence-corrected chi connectivity index (χ4v) is 8.40. The number of carbonyl (C=O) groups excluding carboxylic acids is 3. The summed E-state index contributed by atoms with van der Waals surface area (Å²) in [6, 6.07) is 0. The summed E-state index contributed by atoms with van der Waals surface area (Å²) >= 11 is 0. The highest BCUT2D eigenvalue weighted by Crippen LogP contribution is 2.26. The second kappa shape index (κ2) is 53.7. The van der Waals surface area contributed by atoms with Gasteiger partial charge in [0.15, 0.2) is 24.6 Å². The lowest BCUT2D eigenvalue weighted by Gasteiger charge is -2.40. The van der Waals surface area contributed by atoms with Gasteiger partial charge in [0.05, 0.1) is 6.61 Å². The smallest absolute Gasteiger partial charge is 0.335 e.